The van der Waals surface area contributed by atoms with Gasteiger partial charge in [-0.3, -0.25) is 4.79 Å². The van der Waals surface area contributed by atoms with E-state index in [4.69, 9.17) is 5.73 Å². The largest absolute Gasteiger partial charge is 0.397 e. The summed E-state index contributed by atoms with van der Waals surface area (Å²) in [6, 6.07) is 8.02. The first-order valence-electron chi connectivity index (χ1n) is 8.34. The average Bonchev–Trinajstić information content (AvgIpc) is 2.69. The minimum absolute atomic E-state index is 0.177. The lowest BCUT2D eigenvalue weighted by molar-refractivity contribution is 0.102. The molecule has 0 aliphatic rings. The minimum atomic E-state index is -0.557. The minimum Gasteiger partial charge on any atom is -0.397 e. The van der Waals surface area contributed by atoms with Crippen molar-refractivity contribution < 1.29 is 9.18 Å². The van der Waals surface area contributed by atoms with Crippen LogP contribution in [0.2, 0.25) is 0 Å². The predicted molar refractivity (Wildman–Crippen MR) is 103 cm³/mol. The smallest absolute Gasteiger partial charge is 0.275 e. The molecule has 0 aliphatic heterocycles. The number of aromatic nitrogens is 3. The van der Waals surface area contributed by atoms with Crippen molar-refractivity contribution in [2.24, 2.45) is 0 Å². The van der Waals surface area contributed by atoms with E-state index in [0.29, 0.717) is 22.8 Å². The van der Waals surface area contributed by atoms with Gasteiger partial charge in [0.2, 0.25) is 5.95 Å². The number of carbonyl (C=O) groups excluding carboxylic acids is 1. The number of anilines is 3. The van der Waals surface area contributed by atoms with E-state index in [0.717, 1.165) is 12.1 Å². The molecule has 2 heterocycles. The normalized spacial score (nSPS) is 10.5. The van der Waals surface area contributed by atoms with Crippen LogP contribution in [0.1, 0.15) is 17.4 Å². The lowest BCUT2D eigenvalue weighted by Crippen LogP contribution is -2.19. The highest BCUT2D eigenvalue weighted by molar-refractivity contribution is 6.04. The molecule has 0 radical (unpaired) electrons. The molecule has 2 aromatic heterocycles. The number of benzene rings is 1. The predicted octanol–water partition coefficient (Wildman–Crippen LogP) is 2.97. The Morgan fingerprint density at radius 1 is 1.11 bits per heavy atom. The first-order valence-corrected chi connectivity index (χ1v) is 8.34. The zero-order valence-electron chi connectivity index (χ0n) is 15.0. The first-order chi connectivity index (χ1) is 13.0. The number of pyridine rings is 1. The van der Waals surface area contributed by atoms with Gasteiger partial charge in [0.15, 0.2) is 0 Å². The zero-order valence-corrected chi connectivity index (χ0v) is 15.0. The molecule has 0 atom stereocenters. The summed E-state index contributed by atoms with van der Waals surface area (Å²) in [5.74, 6) is -0.299. The summed E-state index contributed by atoms with van der Waals surface area (Å²) in [6.07, 6.45) is 4.38. The van der Waals surface area contributed by atoms with Crippen LogP contribution < -0.4 is 16.0 Å². The summed E-state index contributed by atoms with van der Waals surface area (Å²) in [5, 5.41) is 2.74. The highest BCUT2D eigenvalue weighted by Gasteiger charge is 2.12. The number of rotatable bonds is 5. The van der Waals surface area contributed by atoms with Crippen LogP contribution >= 0.6 is 0 Å². The van der Waals surface area contributed by atoms with Gasteiger partial charge < -0.3 is 16.0 Å². The van der Waals surface area contributed by atoms with Crippen molar-refractivity contribution in [2.45, 2.75) is 6.92 Å². The SMILES string of the molecule is CCN(C)c1cnc(C(=O)Nc2cc(-c3ccc(F)nc3)ccc2N)cn1. The van der Waals surface area contributed by atoms with Gasteiger partial charge in [0.1, 0.15) is 11.5 Å². The molecule has 8 heteroatoms. The fourth-order valence-corrected chi connectivity index (χ4v) is 2.37. The molecule has 0 saturated heterocycles. The van der Waals surface area contributed by atoms with E-state index in [1.165, 1.54) is 18.5 Å². The average molecular weight is 366 g/mol. The Balaban J connectivity index is 1.81. The van der Waals surface area contributed by atoms with Crippen molar-refractivity contribution in [1.29, 1.82) is 0 Å². The third-order valence-corrected chi connectivity index (χ3v) is 4.10. The standard InChI is InChI=1S/C19H19FN6O/c1-3-26(2)18-11-22-16(10-24-18)19(27)25-15-8-12(4-6-14(15)21)13-5-7-17(20)23-9-13/h4-11H,3,21H2,1-2H3,(H,25,27). The Hall–Kier alpha value is -3.55. The summed E-state index contributed by atoms with van der Waals surface area (Å²) in [4.78, 5) is 26.4. The lowest BCUT2D eigenvalue weighted by Gasteiger charge is -2.15. The van der Waals surface area contributed by atoms with Crippen LogP contribution in [0.5, 0.6) is 0 Å². The lowest BCUT2D eigenvalue weighted by atomic mass is 10.1. The van der Waals surface area contributed by atoms with Crippen molar-refractivity contribution in [2.75, 3.05) is 29.5 Å². The number of carbonyl (C=O) groups is 1. The van der Waals surface area contributed by atoms with Crippen LogP contribution in [0, 0.1) is 5.95 Å². The molecule has 0 unspecified atom stereocenters. The Kier molecular flexibility index (Phi) is 5.25. The van der Waals surface area contributed by atoms with Crippen LogP contribution in [-0.2, 0) is 0 Å². The highest BCUT2D eigenvalue weighted by atomic mass is 19.1. The summed E-state index contributed by atoms with van der Waals surface area (Å²) >= 11 is 0. The monoisotopic (exact) mass is 366 g/mol. The van der Waals surface area contributed by atoms with Gasteiger partial charge in [-0.2, -0.15) is 4.39 Å². The quantitative estimate of drug-likeness (QED) is 0.532. The van der Waals surface area contributed by atoms with Gasteiger partial charge in [-0.25, -0.2) is 15.0 Å². The third-order valence-electron chi connectivity index (χ3n) is 4.10. The van der Waals surface area contributed by atoms with Gasteiger partial charge in [0, 0.05) is 25.4 Å². The summed E-state index contributed by atoms with van der Waals surface area (Å²) in [5.41, 5.74) is 8.43. The number of halogens is 1. The van der Waals surface area contributed by atoms with Gasteiger partial charge >= 0.3 is 0 Å². The van der Waals surface area contributed by atoms with Crippen LogP contribution in [0.4, 0.5) is 21.6 Å². The molecule has 1 aromatic carbocycles. The van der Waals surface area contributed by atoms with E-state index >= 15 is 0 Å². The maximum atomic E-state index is 13.0. The van der Waals surface area contributed by atoms with Gasteiger partial charge in [-0.1, -0.05) is 6.07 Å². The van der Waals surface area contributed by atoms with E-state index in [2.05, 4.69) is 20.3 Å². The van der Waals surface area contributed by atoms with Crippen molar-refractivity contribution >= 4 is 23.1 Å². The molecular weight excluding hydrogens is 347 g/mol. The van der Waals surface area contributed by atoms with Crippen molar-refractivity contribution in [3.05, 3.63) is 60.6 Å². The van der Waals surface area contributed by atoms with E-state index in [1.54, 1.807) is 30.5 Å². The molecule has 138 valence electrons. The van der Waals surface area contributed by atoms with Gasteiger partial charge in [0.05, 0.1) is 23.8 Å². The second kappa shape index (κ2) is 7.77. The van der Waals surface area contributed by atoms with E-state index in [-0.39, 0.29) is 5.69 Å². The molecule has 1 amide bonds. The molecule has 27 heavy (non-hydrogen) atoms. The number of hydrogen-bond acceptors (Lipinski definition) is 6. The highest BCUT2D eigenvalue weighted by Crippen LogP contribution is 2.27. The van der Waals surface area contributed by atoms with Gasteiger partial charge in [-0.15, -0.1) is 0 Å². The molecule has 3 aromatic rings. The van der Waals surface area contributed by atoms with E-state index in [9.17, 15) is 9.18 Å². The number of nitrogens with one attached hydrogen (secondary N) is 1. The van der Waals surface area contributed by atoms with Crippen molar-refractivity contribution in [3.8, 4) is 11.1 Å². The fourth-order valence-electron chi connectivity index (χ4n) is 2.37. The van der Waals surface area contributed by atoms with Crippen LogP contribution in [0.3, 0.4) is 0 Å². The Morgan fingerprint density at radius 3 is 2.52 bits per heavy atom. The summed E-state index contributed by atoms with van der Waals surface area (Å²) in [7, 11) is 1.89. The maximum absolute atomic E-state index is 13.0. The second-order valence-electron chi connectivity index (χ2n) is 5.90. The van der Waals surface area contributed by atoms with Crippen molar-refractivity contribution in [1.82, 2.24) is 15.0 Å². The Labute approximate surface area is 156 Å². The molecule has 0 spiro atoms. The molecule has 7 nitrogen and oxygen atoms in total. The van der Waals surface area contributed by atoms with Gasteiger partial charge in [-0.05, 0) is 36.8 Å². The molecule has 0 aliphatic carbocycles. The van der Waals surface area contributed by atoms with Crippen molar-refractivity contribution in [3.63, 3.8) is 0 Å². The fraction of sp³-hybridized carbons (Fsp3) is 0.158. The molecule has 3 N–H and O–H groups in total. The van der Waals surface area contributed by atoms with E-state index < -0.39 is 11.9 Å². The number of nitrogens with two attached hydrogens (primary N) is 1. The second-order valence-corrected chi connectivity index (χ2v) is 5.90. The Morgan fingerprint density at radius 2 is 1.89 bits per heavy atom. The van der Waals surface area contributed by atoms with Crippen LogP contribution in [-0.4, -0.2) is 34.5 Å². The van der Waals surface area contributed by atoms with Gasteiger partial charge in [0.25, 0.3) is 5.91 Å². The molecular formula is C19H19FN6O. The summed E-state index contributed by atoms with van der Waals surface area (Å²) < 4.78 is 13.0. The van der Waals surface area contributed by atoms with E-state index in [1.807, 2.05) is 18.9 Å². The number of nitrogens with zero attached hydrogens (tertiary/aromatic N) is 4. The zero-order chi connectivity index (χ0) is 19.4. The third kappa shape index (κ3) is 4.17. The number of hydrogen-bond donors (Lipinski definition) is 2. The topological polar surface area (TPSA) is 97.0 Å². The molecule has 3 rings (SSSR count). The summed E-state index contributed by atoms with van der Waals surface area (Å²) in [6.45, 7) is 2.77. The van der Waals surface area contributed by atoms with Crippen LogP contribution in [0.15, 0.2) is 48.9 Å². The number of nitrogen functional groups attached to an aromatic ring is 1. The first kappa shape index (κ1) is 18.2. The van der Waals surface area contributed by atoms with Crippen LogP contribution in [0.25, 0.3) is 11.1 Å². The maximum Gasteiger partial charge on any atom is 0.275 e. The molecule has 0 fully saturated rings. The molecule has 0 bridgehead atoms. The molecule has 0 saturated carbocycles. The number of amides is 1. The Bertz CT molecular complexity index is 943.